The first kappa shape index (κ1) is 15.8. The average molecular weight is 282 g/mol. The molecule has 0 heterocycles. The van der Waals surface area contributed by atoms with Crippen molar-refractivity contribution in [1.82, 2.24) is 10.6 Å². The Bertz CT molecular complexity index is 306. The molecule has 0 atom stereocenters. The van der Waals surface area contributed by atoms with Gasteiger partial charge in [0.15, 0.2) is 0 Å². The van der Waals surface area contributed by atoms with Crippen LogP contribution >= 0.6 is 0 Å². The van der Waals surface area contributed by atoms with E-state index in [1.807, 2.05) is 7.05 Å². The van der Waals surface area contributed by atoms with Crippen LogP contribution in [0.3, 0.4) is 0 Å². The monoisotopic (exact) mass is 282 g/mol. The van der Waals surface area contributed by atoms with Crippen LogP contribution in [0.5, 0.6) is 0 Å². The molecule has 20 heavy (non-hydrogen) atoms. The van der Waals surface area contributed by atoms with E-state index in [9.17, 15) is 9.90 Å². The van der Waals surface area contributed by atoms with Crippen molar-refractivity contribution in [2.75, 3.05) is 13.6 Å². The molecule has 0 radical (unpaired) electrons. The number of aliphatic hydroxyl groups excluding tert-OH is 1. The second kappa shape index (κ2) is 7.41. The number of carbonyl (C=O) groups is 1. The minimum Gasteiger partial charge on any atom is -0.393 e. The number of carbonyl (C=O) groups excluding carboxylic acids is 1. The van der Waals surface area contributed by atoms with E-state index in [1.54, 1.807) is 0 Å². The van der Waals surface area contributed by atoms with Gasteiger partial charge in [-0.15, -0.1) is 0 Å². The molecule has 2 saturated carbocycles. The summed E-state index contributed by atoms with van der Waals surface area (Å²) in [5, 5.41) is 16.0. The summed E-state index contributed by atoms with van der Waals surface area (Å²) in [5.41, 5.74) is 0.0328. The van der Waals surface area contributed by atoms with E-state index in [4.69, 9.17) is 0 Å². The zero-order chi connectivity index (χ0) is 14.4. The van der Waals surface area contributed by atoms with Crippen LogP contribution in [0.25, 0.3) is 0 Å². The minimum atomic E-state index is -0.114. The Hall–Kier alpha value is -0.610. The molecule has 4 heteroatoms. The van der Waals surface area contributed by atoms with Gasteiger partial charge < -0.3 is 15.7 Å². The minimum absolute atomic E-state index is 0.0328. The van der Waals surface area contributed by atoms with Gasteiger partial charge in [0.25, 0.3) is 0 Å². The molecule has 0 unspecified atom stereocenters. The van der Waals surface area contributed by atoms with Crippen molar-refractivity contribution in [2.24, 2.45) is 5.92 Å². The Morgan fingerprint density at radius 1 is 1.15 bits per heavy atom. The van der Waals surface area contributed by atoms with Gasteiger partial charge in [0.1, 0.15) is 0 Å². The number of aliphatic hydroxyl groups is 1. The van der Waals surface area contributed by atoms with E-state index in [1.165, 1.54) is 19.3 Å². The van der Waals surface area contributed by atoms with Crippen molar-refractivity contribution in [3.63, 3.8) is 0 Å². The summed E-state index contributed by atoms with van der Waals surface area (Å²) in [6.45, 7) is 0.783. The number of nitrogens with one attached hydrogen (secondary N) is 2. The van der Waals surface area contributed by atoms with Crippen LogP contribution in [0.1, 0.15) is 64.2 Å². The second-order valence-corrected chi connectivity index (χ2v) is 6.75. The standard InChI is InChI=1S/C16H30N2O2/c1-17-16(9-3-2-4-10-16)11-15(20)18-12-13-5-7-14(19)8-6-13/h13-14,17,19H,2-12H2,1H3,(H,18,20). The van der Waals surface area contributed by atoms with Gasteiger partial charge >= 0.3 is 0 Å². The predicted molar refractivity (Wildman–Crippen MR) is 80.5 cm³/mol. The lowest BCUT2D eigenvalue weighted by Crippen LogP contribution is -2.48. The molecule has 116 valence electrons. The molecule has 1 amide bonds. The molecule has 4 nitrogen and oxygen atoms in total. The molecule has 0 aromatic rings. The van der Waals surface area contributed by atoms with Crippen molar-refractivity contribution in [3.05, 3.63) is 0 Å². The van der Waals surface area contributed by atoms with Crippen LogP contribution in [0.4, 0.5) is 0 Å². The van der Waals surface area contributed by atoms with Gasteiger partial charge in [-0.3, -0.25) is 4.79 Å². The lowest BCUT2D eigenvalue weighted by Gasteiger charge is -2.37. The maximum atomic E-state index is 12.2. The topological polar surface area (TPSA) is 61.4 Å². The summed E-state index contributed by atoms with van der Waals surface area (Å²) in [7, 11) is 1.99. The molecule has 2 aliphatic carbocycles. The first-order valence-electron chi connectivity index (χ1n) is 8.27. The fourth-order valence-corrected chi connectivity index (χ4v) is 3.72. The molecule has 0 bridgehead atoms. The van der Waals surface area contributed by atoms with Gasteiger partial charge in [0.2, 0.25) is 5.91 Å². The molecular formula is C16H30N2O2. The Balaban J connectivity index is 1.71. The molecule has 3 N–H and O–H groups in total. The largest absolute Gasteiger partial charge is 0.393 e. The van der Waals surface area contributed by atoms with Crippen LogP contribution in [-0.2, 0) is 4.79 Å². The molecule has 2 rings (SSSR count). The number of hydrogen-bond acceptors (Lipinski definition) is 3. The molecule has 0 aliphatic heterocycles. The molecular weight excluding hydrogens is 252 g/mol. The molecule has 2 aliphatic rings. The lowest BCUT2D eigenvalue weighted by atomic mass is 9.79. The summed E-state index contributed by atoms with van der Waals surface area (Å²) in [5.74, 6) is 0.742. The number of amides is 1. The van der Waals surface area contributed by atoms with Gasteiger partial charge in [-0.2, -0.15) is 0 Å². The predicted octanol–water partition coefficient (Wildman–Crippen LogP) is 1.97. The fourth-order valence-electron chi connectivity index (χ4n) is 3.72. The van der Waals surface area contributed by atoms with E-state index >= 15 is 0 Å². The number of hydrogen-bond donors (Lipinski definition) is 3. The van der Waals surface area contributed by atoms with E-state index < -0.39 is 0 Å². The Kier molecular flexibility index (Phi) is 5.85. The SMILES string of the molecule is CNC1(CC(=O)NCC2CCC(O)CC2)CCCCC1. The summed E-state index contributed by atoms with van der Waals surface area (Å²) < 4.78 is 0. The van der Waals surface area contributed by atoms with Crippen molar-refractivity contribution in [1.29, 1.82) is 0 Å². The van der Waals surface area contributed by atoms with Gasteiger partial charge in [0.05, 0.1) is 6.10 Å². The summed E-state index contributed by atoms with van der Waals surface area (Å²) in [6.07, 6.45) is 10.4. The Labute approximate surface area is 122 Å². The maximum absolute atomic E-state index is 12.2. The third kappa shape index (κ3) is 4.45. The third-order valence-corrected chi connectivity index (χ3v) is 5.24. The highest BCUT2D eigenvalue weighted by Gasteiger charge is 2.32. The zero-order valence-electron chi connectivity index (χ0n) is 12.8. The van der Waals surface area contributed by atoms with Crippen LogP contribution in [-0.4, -0.2) is 36.2 Å². The molecule has 2 fully saturated rings. The summed E-state index contributed by atoms with van der Waals surface area (Å²) in [6, 6.07) is 0. The molecule has 0 spiro atoms. The first-order chi connectivity index (χ1) is 9.63. The highest BCUT2D eigenvalue weighted by Crippen LogP contribution is 2.30. The average Bonchev–Trinajstić information content (AvgIpc) is 2.47. The molecule has 0 aromatic heterocycles. The van der Waals surface area contributed by atoms with Crippen molar-refractivity contribution < 1.29 is 9.90 Å². The van der Waals surface area contributed by atoms with Crippen molar-refractivity contribution >= 4 is 5.91 Å². The van der Waals surface area contributed by atoms with E-state index in [2.05, 4.69) is 10.6 Å². The Morgan fingerprint density at radius 3 is 2.40 bits per heavy atom. The smallest absolute Gasteiger partial charge is 0.221 e. The molecule has 0 saturated heterocycles. The van der Waals surface area contributed by atoms with E-state index in [-0.39, 0.29) is 17.6 Å². The lowest BCUT2D eigenvalue weighted by molar-refractivity contribution is -0.123. The quantitative estimate of drug-likeness (QED) is 0.722. The van der Waals surface area contributed by atoms with Gasteiger partial charge in [0, 0.05) is 18.5 Å². The third-order valence-electron chi connectivity index (χ3n) is 5.24. The number of rotatable bonds is 5. The summed E-state index contributed by atoms with van der Waals surface area (Å²) in [4.78, 5) is 12.2. The van der Waals surface area contributed by atoms with Gasteiger partial charge in [-0.25, -0.2) is 0 Å². The van der Waals surface area contributed by atoms with Crippen LogP contribution < -0.4 is 10.6 Å². The van der Waals surface area contributed by atoms with E-state index in [0.717, 1.165) is 45.1 Å². The van der Waals surface area contributed by atoms with Gasteiger partial charge in [-0.05, 0) is 51.5 Å². The highest BCUT2D eigenvalue weighted by atomic mass is 16.3. The van der Waals surface area contributed by atoms with Crippen molar-refractivity contribution in [2.45, 2.75) is 75.9 Å². The fraction of sp³-hybridized carbons (Fsp3) is 0.938. The molecule has 0 aromatic carbocycles. The van der Waals surface area contributed by atoms with Crippen LogP contribution in [0, 0.1) is 5.92 Å². The van der Waals surface area contributed by atoms with Crippen molar-refractivity contribution in [3.8, 4) is 0 Å². The maximum Gasteiger partial charge on any atom is 0.221 e. The zero-order valence-corrected chi connectivity index (χ0v) is 12.8. The van der Waals surface area contributed by atoms with E-state index in [0.29, 0.717) is 12.3 Å². The normalized spacial score (nSPS) is 29.9. The van der Waals surface area contributed by atoms with Gasteiger partial charge in [-0.1, -0.05) is 19.3 Å². The van der Waals surface area contributed by atoms with Crippen LogP contribution in [0.2, 0.25) is 0 Å². The first-order valence-corrected chi connectivity index (χ1v) is 8.27. The second-order valence-electron chi connectivity index (χ2n) is 6.75. The van der Waals surface area contributed by atoms with Crippen LogP contribution in [0.15, 0.2) is 0 Å². The summed E-state index contributed by atoms with van der Waals surface area (Å²) >= 11 is 0. The Morgan fingerprint density at radius 2 is 1.80 bits per heavy atom. The highest BCUT2D eigenvalue weighted by molar-refractivity contribution is 5.77.